The highest BCUT2D eigenvalue weighted by Crippen LogP contribution is 2.30. The maximum Gasteiger partial charge on any atom is 0.351 e. The summed E-state index contributed by atoms with van der Waals surface area (Å²) in [6.45, 7) is 0. The van der Waals surface area contributed by atoms with Crippen molar-refractivity contribution in [2.24, 2.45) is 0 Å². The molecule has 1 aromatic heterocycles. The summed E-state index contributed by atoms with van der Waals surface area (Å²) in [6.07, 6.45) is -4.28. The minimum Gasteiger partial charge on any atom is -0.502 e. The lowest BCUT2D eigenvalue weighted by Crippen LogP contribution is -2.35. The van der Waals surface area contributed by atoms with Crippen molar-refractivity contribution < 1.29 is 25.3 Å². The Kier molecular flexibility index (Phi) is 4.14. The van der Waals surface area contributed by atoms with Crippen LogP contribution in [0.15, 0.2) is 22.8 Å². The molecule has 20 heavy (non-hydrogen) atoms. The van der Waals surface area contributed by atoms with Crippen LogP contribution in [0.3, 0.4) is 0 Å². The first kappa shape index (κ1) is 14.6. The second-order valence-corrected chi connectivity index (χ2v) is 4.23. The summed E-state index contributed by atoms with van der Waals surface area (Å²) in [4.78, 5) is 15.2. The third-order valence-electron chi connectivity index (χ3n) is 2.83. The number of rotatable bonds is 3. The zero-order chi connectivity index (χ0) is 14.9. The van der Waals surface area contributed by atoms with Gasteiger partial charge in [-0.1, -0.05) is 0 Å². The third-order valence-corrected chi connectivity index (χ3v) is 3.04. The van der Waals surface area contributed by atoms with Crippen LogP contribution in [-0.4, -0.2) is 53.4 Å². The van der Waals surface area contributed by atoms with E-state index in [0.717, 1.165) is 4.57 Å². The number of thiocarbonyl (C=S) groups is 1. The highest BCUT2D eigenvalue weighted by Gasteiger charge is 2.46. The molecule has 1 saturated heterocycles. The van der Waals surface area contributed by atoms with Crippen LogP contribution in [0.25, 0.3) is 0 Å². The molecular formula is C10H11N3O6S. The Morgan fingerprint density at radius 3 is 2.75 bits per heavy atom. The summed E-state index contributed by atoms with van der Waals surface area (Å²) in [7, 11) is 0. The van der Waals surface area contributed by atoms with E-state index in [1.54, 1.807) is 5.48 Å². The number of hydrogen-bond acceptors (Lipinski definition) is 9. The summed E-state index contributed by atoms with van der Waals surface area (Å²) in [5, 5.41) is 39.6. The predicted molar refractivity (Wildman–Crippen MR) is 68.6 cm³/mol. The van der Waals surface area contributed by atoms with Crippen molar-refractivity contribution in [2.45, 2.75) is 24.5 Å². The molecule has 2 rings (SSSR count). The lowest BCUT2D eigenvalue weighted by Gasteiger charge is -2.16. The normalized spacial score (nSPS) is 28.9. The van der Waals surface area contributed by atoms with E-state index in [0.29, 0.717) is 0 Å². The molecule has 10 heteroatoms. The van der Waals surface area contributed by atoms with Gasteiger partial charge in [-0.2, -0.15) is 4.98 Å². The van der Waals surface area contributed by atoms with E-state index >= 15 is 0 Å². The van der Waals surface area contributed by atoms with Crippen LogP contribution >= 0.6 is 12.2 Å². The van der Waals surface area contributed by atoms with Gasteiger partial charge in [-0.3, -0.25) is 15.3 Å². The number of nitrogens with one attached hydrogen (secondary N) is 1. The fraction of sp³-hybridized carbons (Fsp3) is 0.400. The van der Waals surface area contributed by atoms with Crippen molar-refractivity contribution in [1.29, 1.82) is 0 Å². The predicted octanol–water partition coefficient (Wildman–Crippen LogP) is -1.30. The van der Waals surface area contributed by atoms with Crippen LogP contribution in [0.4, 0.5) is 5.82 Å². The molecule has 1 fully saturated rings. The summed E-state index contributed by atoms with van der Waals surface area (Å²) in [5.74, 6) is -0.638. The fourth-order valence-electron chi connectivity index (χ4n) is 1.84. The van der Waals surface area contributed by atoms with E-state index in [1.807, 2.05) is 5.02 Å². The molecule has 0 spiro atoms. The number of aliphatic hydroxyl groups excluding tert-OH is 3. The SMILES string of the molecule is O=c1nc(NO)ccn1[C@@H]1O[C@H](C(O)=C=S)[C@@H](O)[C@H]1O. The first-order valence-electron chi connectivity index (χ1n) is 5.44. The van der Waals surface area contributed by atoms with Crippen molar-refractivity contribution >= 4 is 23.1 Å². The molecule has 5 N–H and O–H groups in total. The van der Waals surface area contributed by atoms with Gasteiger partial charge in [0.15, 0.2) is 23.9 Å². The third kappa shape index (κ3) is 2.43. The van der Waals surface area contributed by atoms with Crippen molar-refractivity contribution in [1.82, 2.24) is 9.55 Å². The molecule has 1 aliphatic rings. The Balaban J connectivity index is 2.35. The van der Waals surface area contributed by atoms with Gasteiger partial charge in [-0.05, 0) is 23.3 Å². The summed E-state index contributed by atoms with van der Waals surface area (Å²) in [6, 6.07) is 1.26. The molecule has 0 saturated carbocycles. The van der Waals surface area contributed by atoms with Gasteiger partial charge in [-0.25, -0.2) is 4.79 Å². The van der Waals surface area contributed by atoms with Crippen LogP contribution in [0.2, 0.25) is 0 Å². The van der Waals surface area contributed by atoms with Crippen molar-refractivity contribution in [3.05, 3.63) is 28.5 Å². The van der Waals surface area contributed by atoms with E-state index in [4.69, 9.17) is 9.94 Å². The lowest BCUT2D eigenvalue weighted by molar-refractivity contribution is -0.0380. The minimum atomic E-state index is -1.47. The monoisotopic (exact) mass is 301 g/mol. The van der Waals surface area contributed by atoms with Crippen LogP contribution in [0, 0.1) is 0 Å². The van der Waals surface area contributed by atoms with Gasteiger partial charge in [-0.15, -0.1) is 0 Å². The van der Waals surface area contributed by atoms with E-state index in [-0.39, 0.29) is 5.82 Å². The molecule has 0 aromatic carbocycles. The second kappa shape index (κ2) is 5.67. The summed E-state index contributed by atoms with van der Waals surface area (Å²) < 4.78 is 6.11. The van der Waals surface area contributed by atoms with Crippen LogP contribution in [-0.2, 0) is 4.74 Å². The fourth-order valence-corrected chi connectivity index (χ4v) is 1.96. The van der Waals surface area contributed by atoms with Gasteiger partial charge in [0.1, 0.15) is 12.2 Å². The molecule has 0 amide bonds. The molecule has 9 nitrogen and oxygen atoms in total. The van der Waals surface area contributed by atoms with Crippen molar-refractivity contribution in [2.75, 3.05) is 5.48 Å². The topological polar surface area (TPSA) is 137 Å². The van der Waals surface area contributed by atoms with E-state index in [1.165, 1.54) is 12.3 Å². The smallest absolute Gasteiger partial charge is 0.351 e. The standard InChI is InChI=1S/C10H11N3O6S/c14-4(3-20)8-6(15)7(16)9(19-8)13-2-1-5(12-18)11-10(13)17/h1-2,6-9,14-16,18H,(H,11,12,17)/t6-,7+,8+,9+/m0/s1. The Labute approximate surface area is 117 Å². The van der Waals surface area contributed by atoms with Crippen LogP contribution in [0.5, 0.6) is 0 Å². The zero-order valence-electron chi connectivity index (χ0n) is 9.87. The van der Waals surface area contributed by atoms with Gasteiger partial charge < -0.3 is 20.1 Å². The Morgan fingerprint density at radius 2 is 2.20 bits per heavy atom. The highest BCUT2D eigenvalue weighted by atomic mass is 32.1. The van der Waals surface area contributed by atoms with Gasteiger partial charge >= 0.3 is 5.69 Å². The van der Waals surface area contributed by atoms with Crippen molar-refractivity contribution in [3.8, 4) is 0 Å². The number of hydrogen-bond donors (Lipinski definition) is 5. The van der Waals surface area contributed by atoms with Gasteiger partial charge in [0.05, 0.1) is 0 Å². The van der Waals surface area contributed by atoms with Gasteiger partial charge in [0, 0.05) is 6.20 Å². The summed E-state index contributed by atoms with van der Waals surface area (Å²) in [5.41, 5.74) is 0.870. The van der Waals surface area contributed by atoms with E-state index < -0.39 is 36.0 Å². The molecule has 0 aliphatic carbocycles. The van der Waals surface area contributed by atoms with E-state index in [9.17, 15) is 20.1 Å². The molecular weight excluding hydrogens is 290 g/mol. The number of aromatic nitrogens is 2. The molecule has 108 valence electrons. The average molecular weight is 301 g/mol. The first-order chi connectivity index (χ1) is 9.49. The molecule has 0 bridgehead atoms. The van der Waals surface area contributed by atoms with Crippen LogP contribution in [0.1, 0.15) is 6.23 Å². The molecule has 1 aromatic rings. The Bertz CT molecular complexity index is 613. The summed E-state index contributed by atoms with van der Waals surface area (Å²) >= 11 is 4.39. The Morgan fingerprint density at radius 1 is 1.50 bits per heavy atom. The van der Waals surface area contributed by atoms with Crippen LogP contribution < -0.4 is 11.2 Å². The molecule has 0 unspecified atom stereocenters. The first-order valence-corrected chi connectivity index (χ1v) is 5.85. The Hall–Kier alpha value is -1.81. The number of ether oxygens (including phenoxy) is 1. The number of anilines is 1. The second-order valence-electron chi connectivity index (χ2n) is 4.03. The number of nitrogens with zero attached hydrogens (tertiary/aromatic N) is 2. The van der Waals surface area contributed by atoms with Gasteiger partial charge in [0.25, 0.3) is 0 Å². The lowest BCUT2D eigenvalue weighted by atomic mass is 10.1. The molecule has 1 aliphatic heterocycles. The average Bonchev–Trinajstić information content (AvgIpc) is 2.74. The molecule has 4 atom stereocenters. The number of aliphatic hydroxyl groups is 3. The maximum absolute atomic E-state index is 11.7. The molecule has 0 radical (unpaired) electrons. The van der Waals surface area contributed by atoms with E-state index in [2.05, 4.69) is 17.2 Å². The van der Waals surface area contributed by atoms with Gasteiger partial charge in [0.2, 0.25) is 0 Å². The minimum absolute atomic E-state index is 0.0857. The van der Waals surface area contributed by atoms with Crippen molar-refractivity contribution in [3.63, 3.8) is 0 Å². The molecule has 2 heterocycles. The maximum atomic E-state index is 11.7. The largest absolute Gasteiger partial charge is 0.502 e. The highest BCUT2D eigenvalue weighted by molar-refractivity contribution is 7.78. The zero-order valence-corrected chi connectivity index (χ0v) is 10.7. The quantitative estimate of drug-likeness (QED) is 0.262.